The Bertz CT molecular complexity index is 1750. The van der Waals surface area contributed by atoms with Crippen LogP contribution >= 0.6 is 0 Å². The molecule has 0 spiro atoms. The van der Waals surface area contributed by atoms with Gasteiger partial charge < -0.3 is 14.6 Å². The van der Waals surface area contributed by atoms with Gasteiger partial charge in [0.15, 0.2) is 6.10 Å². The van der Waals surface area contributed by atoms with Crippen molar-refractivity contribution in [2.45, 2.75) is 392 Å². The van der Waals surface area contributed by atoms with Crippen LogP contribution in [0.5, 0.6) is 0 Å². The lowest BCUT2D eigenvalue weighted by atomic mass is 10.0. The molecule has 0 amide bonds. The molecule has 0 heterocycles. The minimum Gasteiger partial charge on any atom is -0.462 e. The Morgan fingerprint density at radius 3 is 0.722 bits per heavy atom. The molecule has 0 fully saturated rings. The van der Waals surface area contributed by atoms with E-state index in [-0.39, 0.29) is 25.2 Å². The minimum atomic E-state index is -0.777. The third-order valence-electron chi connectivity index (χ3n) is 17.2. The lowest BCUT2D eigenvalue weighted by Crippen LogP contribution is -2.28. The molecule has 0 aliphatic rings. The summed E-state index contributed by atoms with van der Waals surface area (Å²) in [4.78, 5) is 24.7. The van der Waals surface area contributed by atoms with E-state index in [1.165, 1.54) is 263 Å². The summed E-state index contributed by atoms with van der Waals surface area (Å²) in [6.45, 7) is 4.06. The summed E-state index contributed by atoms with van der Waals surface area (Å²) in [5, 5.41) is 9.73. The molecule has 0 saturated carbocycles. The number of hydrogen-bond acceptors (Lipinski definition) is 5. The Morgan fingerprint density at radius 1 is 0.267 bits per heavy atom. The molecule has 0 radical (unpaired) electrons. The molecule has 0 aromatic heterocycles. The van der Waals surface area contributed by atoms with Gasteiger partial charge >= 0.3 is 11.9 Å². The Balaban J connectivity index is 3.44. The number of allylic oxidation sites excluding steroid dienone is 20. The molecular formula is C85H148O5. The molecule has 0 bridgehead atoms. The van der Waals surface area contributed by atoms with Gasteiger partial charge in [-0.3, -0.25) is 9.59 Å². The zero-order valence-corrected chi connectivity index (χ0v) is 59.6. The first kappa shape index (κ1) is 86.3. The quantitative estimate of drug-likeness (QED) is 0.0373. The molecule has 1 atom stereocenters. The van der Waals surface area contributed by atoms with Crippen molar-refractivity contribution in [3.8, 4) is 0 Å². The van der Waals surface area contributed by atoms with Gasteiger partial charge in [-0.25, -0.2) is 0 Å². The average molecular weight is 1250 g/mol. The molecule has 1 unspecified atom stereocenters. The third-order valence-corrected chi connectivity index (χ3v) is 17.2. The van der Waals surface area contributed by atoms with Gasteiger partial charge in [-0.15, -0.1) is 0 Å². The molecule has 0 aliphatic carbocycles. The number of esters is 2. The molecule has 90 heavy (non-hydrogen) atoms. The zero-order chi connectivity index (χ0) is 64.7. The van der Waals surface area contributed by atoms with Crippen LogP contribution in [0.15, 0.2) is 122 Å². The Morgan fingerprint density at radius 2 is 0.478 bits per heavy atom. The number of ether oxygens (including phenoxy) is 2. The second kappa shape index (κ2) is 79.5. The van der Waals surface area contributed by atoms with Crippen LogP contribution in [0.25, 0.3) is 0 Å². The SMILES string of the molecule is CC/C=C\C/C=C\C/C=C\C/C=C\C/C=C\C/C=C\C/C=C\C/C=C\CCCCCCCCCCCCCCCCCCC(=O)OC(CO)COC(=O)CCCCCCCCCCCCCCCCCCCCCCCCC/C=C\C/C=C\CCCCCCC. The number of hydrogen-bond donors (Lipinski definition) is 1. The van der Waals surface area contributed by atoms with Gasteiger partial charge in [0.05, 0.1) is 6.61 Å². The normalized spacial score (nSPS) is 12.9. The Kier molecular flexibility index (Phi) is 76.3. The third kappa shape index (κ3) is 76.8. The average Bonchev–Trinajstić information content (AvgIpc) is 3.60. The van der Waals surface area contributed by atoms with Gasteiger partial charge in [0.25, 0.3) is 0 Å². The summed E-state index contributed by atoms with van der Waals surface area (Å²) in [5.74, 6) is -0.575. The molecule has 518 valence electrons. The number of rotatable bonds is 72. The molecule has 5 nitrogen and oxygen atoms in total. The van der Waals surface area contributed by atoms with Crippen LogP contribution in [0.2, 0.25) is 0 Å². The first-order chi connectivity index (χ1) is 44.6. The first-order valence-electron chi connectivity index (χ1n) is 39.1. The number of aliphatic hydroxyl groups is 1. The molecule has 5 heteroatoms. The van der Waals surface area contributed by atoms with Crippen molar-refractivity contribution in [2.24, 2.45) is 0 Å². The van der Waals surface area contributed by atoms with E-state index in [1.807, 2.05) is 0 Å². The lowest BCUT2D eigenvalue weighted by molar-refractivity contribution is -0.161. The summed E-state index contributed by atoms with van der Waals surface area (Å²) in [7, 11) is 0. The maximum Gasteiger partial charge on any atom is 0.306 e. The van der Waals surface area contributed by atoms with Gasteiger partial charge in [-0.1, -0.05) is 386 Å². The number of aliphatic hydroxyl groups excluding tert-OH is 1. The first-order valence-corrected chi connectivity index (χ1v) is 39.1. The van der Waals surface area contributed by atoms with Gasteiger partial charge in [0.2, 0.25) is 0 Å². The molecule has 1 N–H and O–H groups in total. The van der Waals surface area contributed by atoms with E-state index in [9.17, 15) is 14.7 Å². The summed E-state index contributed by atoms with van der Waals surface area (Å²) in [5.41, 5.74) is 0. The zero-order valence-electron chi connectivity index (χ0n) is 59.6. The Hall–Kier alpha value is -3.70. The fraction of sp³-hybridized carbons (Fsp3) is 0.741. The van der Waals surface area contributed by atoms with Crippen LogP contribution < -0.4 is 0 Å². The molecule has 0 aromatic carbocycles. The van der Waals surface area contributed by atoms with Crippen molar-refractivity contribution in [1.29, 1.82) is 0 Å². The van der Waals surface area contributed by atoms with Crippen LogP contribution in [-0.4, -0.2) is 36.4 Å². The molecule has 0 saturated heterocycles. The Labute approximate surface area is 560 Å². The van der Waals surface area contributed by atoms with E-state index < -0.39 is 6.10 Å². The van der Waals surface area contributed by atoms with Gasteiger partial charge in [0, 0.05) is 12.8 Å². The van der Waals surface area contributed by atoms with Gasteiger partial charge in [0.1, 0.15) is 6.61 Å². The maximum atomic E-state index is 12.4. The van der Waals surface area contributed by atoms with Crippen LogP contribution in [-0.2, 0) is 19.1 Å². The highest BCUT2D eigenvalue weighted by molar-refractivity contribution is 5.70. The standard InChI is InChI=1S/C85H148O5/c1-3-5-7-9-11-13-15-17-19-21-23-25-27-29-31-33-35-37-39-40-41-42-43-44-46-48-50-52-54-56-58-60-62-64-66-68-70-72-74-76-78-80-85(88)90-83(81-86)82-89-84(87)79-77-75-73-71-69-67-65-63-61-59-57-55-53-51-49-47-45-38-36-34-32-30-28-26-24-22-20-18-16-14-12-10-8-6-4-2/h5,7,11,13,16-19,22-25,29,31,35,37,40-41,43-44,83,86H,3-4,6,8-10,12,14-15,20-21,26-28,30,32-34,36,38-39,42,45-82H2,1-2H3/b7-5-,13-11-,18-16-,19-17-,24-22-,25-23-,31-29-,37-35-,41-40-,44-43-. The summed E-state index contributed by atoms with van der Waals surface area (Å²) in [6, 6.07) is 0. The second-order valence-corrected chi connectivity index (χ2v) is 26.1. The number of carbonyl (C=O) groups excluding carboxylic acids is 2. The maximum absolute atomic E-state index is 12.4. The topological polar surface area (TPSA) is 72.8 Å². The van der Waals surface area contributed by atoms with Crippen molar-refractivity contribution in [3.05, 3.63) is 122 Å². The van der Waals surface area contributed by atoms with Crippen molar-refractivity contribution in [1.82, 2.24) is 0 Å². The fourth-order valence-electron chi connectivity index (χ4n) is 11.4. The highest BCUT2D eigenvalue weighted by atomic mass is 16.6. The molecule has 0 aromatic rings. The lowest BCUT2D eigenvalue weighted by Gasteiger charge is -2.15. The van der Waals surface area contributed by atoms with E-state index >= 15 is 0 Å². The smallest absolute Gasteiger partial charge is 0.306 e. The molecule has 0 rings (SSSR count). The van der Waals surface area contributed by atoms with Crippen LogP contribution in [0.1, 0.15) is 386 Å². The highest BCUT2D eigenvalue weighted by Crippen LogP contribution is 2.19. The van der Waals surface area contributed by atoms with Crippen LogP contribution in [0.4, 0.5) is 0 Å². The van der Waals surface area contributed by atoms with E-state index in [0.29, 0.717) is 12.8 Å². The van der Waals surface area contributed by atoms with Crippen molar-refractivity contribution < 1.29 is 24.2 Å². The van der Waals surface area contributed by atoms with E-state index in [4.69, 9.17) is 9.47 Å². The predicted molar refractivity (Wildman–Crippen MR) is 398 cm³/mol. The van der Waals surface area contributed by atoms with Gasteiger partial charge in [-0.05, 0) is 109 Å². The largest absolute Gasteiger partial charge is 0.462 e. The van der Waals surface area contributed by atoms with Gasteiger partial charge in [-0.2, -0.15) is 0 Å². The summed E-state index contributed by atoms with van der Waals surface area (Å²) >= 11 is 0. The summed E-state index contributed by atoms with van der Waals surface area (Å²) < 4.78 is 10.8. The summed E-state index contributed by atoms with van der Waals surface area (Å²) in [6.07, 6.45) is 117. The van der Waals surface area contributed by atoms with E-state index in [1.54, 1.807) is 0 Å². The molecule has 0 aliphatic heterocycles. The monoisotopic (exact) mass is 1250 g/mol. The van der Waals surface area contributed by atoms with Crippen LogP contribution in [0, 0.1) is 0 Å². The second-order valence-electron chi connectivity index (χ2n) is 26.1. The predicted octanol–water partition coefficient (Wildman–Crippen LogP) is 27.7. The van der Waals surface area contributed by atoms with Crippen molar-refractivity contribution in [3.63, 3.8) is 0 Å². The number of carbonyl (C=O) groups is 2. The van der Waals surface area contributed by atoms with E-state index in [2.05, 4.69) is 135 Å². The number of unbranched alkanes of at least 4 members (excludes halogenated alkanes) is 44. The van der Waals surface area contributed by atoms with Crippen LogP contribution in [0.3, 0.4) is 0 Å². The minimum absolute atomic E-state index is 0.0650. The molecular weight excluding hydrogens is 1100 g/mol. The highest BCUT2D eigenvalue weighted by Gasteiger charge is 2.16. The fourth-order valence-corrected chi connectivity index (χ4v) is 11.4. The van der Waals surface area contributed by atoms with Crippen molar-refractivity contribution in [2.75, 3.05) is 13.2 Å². The van der Waals surface area contributed by atoms with E-state index in [0.717, 1.165) is 96.3 Å². The van der Waals surface area contributed by atoms with Crippen molar-refractivity contribution >= 4 is 11.9 Å².